The van der Waals surface area contributed by atoms with E-state index in [1.54, 1.807) is 19.3 Å². The van der Waals surface area contributed by atoms with Crippen molar-refractivity contribution < 1.29 is 35.3 Å². The first-order valence-corrected chi connectivity index (χ1v) is 17.9. The number of aryl methyl sites for hydroxylation is 2. The van der Waals surface area contributed by atoms with E-state index in [9.17, 15) is 17.6 Å². The summed E-state index contributed by atoms with van der Waals surface area (Å²) < 4.78 is 85.5. The molecule has 2 N–H and O–H groups in total. The molecule has 4 aromatic carbocycles. The predicted molar refractivity (Wildman–Crippen MR) is 196 cm³/mol. The molecular weight excluding hydrogens is 687 g/mol. The minimum Gasteiger partial charge on any atom is -0.464 e. The summed E-state index contributed by atoms with van der Waals surface area (Å²) in [5, 5.41) is 2.69. The highest BCUT2D eigenvalue weighted by Crippen LogP contribution is 2.45. The van der Waals surface area contributed by atoms with Crippen molar-refractivity contribution in [3.8, 4) is 0 Å². The molecule has 0 aliphatic carbocycles. The Bertz CT molecular complexity index is 2590. The lowest BCUT2D eigenvalue weighted by Gasteiger charge is -2.49. The highest BCUT2D eigenvalue weighted by atomic mass is 19.2. The Hall–Kier alpha value is -5.39. The van der Waals surface area contributed by atoms with Crippen LogP contribution >= 0.6 is 0 Å². The van der Waals surface area contributed by atoms with Crippen molar-refractivity contribution >= 4 is 55.1 Å². The van der Waals surface area contributed by atoms with E-state index in [0.717, 1.165) is 71.9 Å². The quantitative estimate of drug-likeness (QED) is 0.0674. The van der Waals surface area contributed by atoms with E-state index >= 15 is 4.39 Å². The molecule has 9 rings (SSSR count). The molecule has 0 spiro atoms. The van der Waals surface area contributed by atoms with E-state index in [2.05, 4.69) is 58.5 Å². The highest BCUT2D eigenvalue weighted by molar-refractivity contribution is 5.98. The molecule has 1 saturated heterocycles. The Balaban J connectivity index is 1.10. The molecule has 53 heavy (non-hydrogen) atoms. The highest BCUT2D eigenvalue weighted by Gasteiger charge is 2.46. The maximum absolute atomic E-state index is 15.3. The van der Waals surface area contributed by atoms with Gasteiger partial charge >= 0.3 is 0 Å². The number of piperazine rings is 1. The summed E-state index contributed by atoms with van der Waals surface area (Å²) in [6, 6.07) is 21.5. The largest absolute Gasteiger partial charge is 0.464 e. The van der Waals surface area contributed by atoms with Gasteiger partial charge in [0.15, 0.2) is 17.2 Å². The average Bonchev–Trinajstić information content (AvgIpc) is 3.99. The van der Waals surface area contributed by atoms with Crippen molar-refractivity contribution in [1.82, 2.24) is 14.5 Å². The Labute approximate surface area is 301 Å². The number of benzene rings is 4. The van der Waals surface area contributed by atoms with Gasteiger partial charge in [-0.25, -0.2) is 22.0 Å². The fourth-order valence-corrected chi connectivity index (χ4v) is 8.91. The normalized spacial score (nSPS) is 15.7. The topological polar surface area (TPSA) is 57.9 Å². The lowest BCUT2D eigenvalue weighted by atomic mass is 10.0. The van der Waals surface area contributed by atoms with Crippen molar-refractivity contribution in [1.29, 1.82) is 0 Å². The number of quaternary nitrogens is 2. The Morgan fingerprint density at radius 1 is 0.679 bits per heavy atom. The van der Waals surface area contributed by atoms with Gasteiger partial charge in [0.05, 0.1) is 46.5 Å². The first-order valence-electron chi connectivity index (χ1n) is 17.9. The summed E-state index contributed by atoms with van der Waals surface area (Å²) in [7, 11) is 0. The molecule has 4 aromatic heterocycles. The number of furan rings is 2. The number of fused-ring (bicyclic) bond motifs is 4. The van der Waals surface area contributed by atoms with Crippen LogP contribution in [0.2, 0.25) is 0 Å². The number of halogens is 5. The number of aromatic amines is 2. The summed E-state index contributed by atoms with van der Waals surface area (Å²) in [5.74, 6) is -6.79. The van der Waals surface area contributed by atoms with E-state index in [1.807, 2.05) is 12.4 Å². The Morgan fingerprint density at radius 3 is 2.02 bits per heavy atom. The molecule has 0 atom stereocenters. The van der Waals surface area contributed by atoms with Crippen LogP contribution < -0.4 is 4.48 Å². The third kappa shape index (κ3) is 5.36. The van der Waals surface area contributed by atoms with Gasteiger partial charge in [-0.15, -0.1) is 0 Å². The van der Waals surface area contributed by atoms with E-state index < -0.39 is 28.9 Å². The van der Waals surface area contributed by atoms with Crippen LogP contribution in [0.4, 0.5) is 33.3 Å². The van der Waals surface area contributed by atoms with Crippen LogP contribution in [0.5, 0.6) is 0 Å². The average molecular weight is 725 g/mol. The number of aromatic nitrogens is 2. The zero-order chi connectivity index (χ0) is 36.5. The van der Waals surface area contributed by atoms with Gasteiger partial charge in [-0.1, -0.05) is 12.1 Å². The number of hydrogen-bond donors (Lipinski definition) is 2. The second-order valence-corrected chi connectivity index (χ2v) is 14.4. The van der Waals surface area contributed by atoms with Gasteiger partial charge in [0.25, 0.3) is 0 Å². The van der Waals surface area contributed by atoms with Crippen LogP contribution in [0.1, 0.15) is 23.3 Å². The number of rotatable bonds is 9. The maximum Gasteiger partial charge on any atom is 0.205 e. The number of hydrogen-bond acceptors (Lipinski definition) is 2. The van der Waals surface area contributed by atoms with Crippen molar-refractivity contribution in [2.45, 2.75) is 26.2 Å². The molecule has 0 amide bonds. The first-order chi connectivity index (χ1) is 25.7. The molecule has 1 aliphatic rings. The van der Waals surface area contributed by atoms with E-state index in [-0.39, 0.29) is 23.4 Å². The van der Waals surface area contributed by atoms with E-state index in [0.29, 0.717) is 33.1 Å². The molecule has 8 aromatic rings. The van der Waals surface area contributed by atoms with Crippen LogP contribution in [-0.4, -0.2) is 53.7 Å². The standard InChI is InChI=1S/C42H37F5N4O2/c1-25-28(37-38(44)39(45)40(46)41(47)42(37)53-25)14-18-50(17-4-5-26-24-52-36-11-10-27(43)23-31(26)36)19-21-51(22-20-50,34-8-2-6-32-29(34)12-15-48-32)35-9-3-7-33-30(35)13-16-49-33/h2-3,6-13,15-16,23-24,48-49H,4-5,14,17-22H2,1H3/q+2. The van der Waals surface area contributed by atoms with Crippen LogP contribution in [0, 0.1) is 36.0 Å². The fraction of sp³-hybridized carbons (Fsp3) is 0.238. The predicted octanol–water partition coefficient (Wildman–Crippen LogP) is 10.5. The second-order valence-electron chi connectivity index (χ2n) is 14.4. The van der Waals surface area contributed by atoms with Crippen molar-refractivity contribution in [2.75, 3.05) is 39.3 Å². The van der Waals surface area contributed by atoms with Crippen LogP contribution in [0.15, 0.2) is 94.2 Å². The van der Waals surface area contributed by atoms with Gasteiger partial charge in [0.1, 0.15) is 54.7 Å². The van der Waals surface area contributed by atoms with Gasteiger partial charge in [0, 0.05) is 48.3 Å². The number of nitrogens with one attached hydrogen (secondary N) is 2. The summed E-state index contributed by atoms with van der Waals surface area (Å²) in [6.07, 6.45) is 7.28. The summed E-state index contributed by atoms with van der Waals surface area (Å²) in [4.78, 5) is 6.76. The molecule has 270 valence electrons. The van der Waals surface area contributed by atoms with Crippen LogP contribution in [0.25, 0.3) is 43.7 Å². The molecule has 0 bridgehead atoms. The molecule has 6 nitrogen and oxygen atoms in total. The van der Waals surface area contributed by atoms with Gasteiger partial charge in [-0.3, -0.25) is 0 Å². The maximum atomic E-state index is 15.3. The number of H-pyrrole nitrogens is 2. The zero-order valence-electron chi connectivity index (χ0n) is 29.0. The molecule has 11 heteroatoms. The van der Waals surface area contributed by atoms with Crippen LogP contribution in [0.3, 0.4) is 0 Å². The minimum absolute atomic E-state index is 0.230. The van der Waals surface area contributed by atoms with E-state index in [4.69, 9.17) is 8.83 Å². The van der Waals surface area contributed by atoms with Gasteiger partial charge in [-0.05, 0) is 61.4 Å². The van der Waals surface area contributed by atoms with Crippen molar-refractivity contribution in [3.05, 3.63) is 131 Å². The second kappa shape index (κ2) is 12.6. The SMILES string of the molecule is Cc1oc2c(F)c(F)c(F)c(F)c2c1CC[N+]1(CCCc2coc3ccc(F)cc23)CC[N+](c2cccc3[nH]ccc23)(c2cccc3[nH]ccc23)CC1. The van der Waals surface area contributed by atoms with Gasteiger partial charge in [0.2, 0.25) is 11.6 Å². The summed E-state index contributed by atoms with van der Waals surface area (Å²) in [6.45, 7) is 5.78. The lowest BCUT2D eigenvalue weighted by Crippen LogP contribution is -2.66. The van der Waals surface area contributed by atoms with Crippen LogP contribution in [-0.2, 0) is 12.8 Å². The van der Waals surface area contributed by atoms with Gasteiger partial charge < -0.3 is 23.3 Å². The third-order valence-corrected chi connectivity index (χ3v) is 11.7. The monoisotopic (exact) mass is 724 g/mol. The molecule has 1 aliphatic heterocycles. The summed E-state index contributed by atoms with van der Waals surface area (Å²) in [5.41, 5.74) is 5.77. The fourth-order valence-electron chi connectivity index (χ4n) is 8.91. The first kappa shape index (κ1) is 33.4. The van der Waals surface area contributed by atoms with Crippen molar-refractivity contribution in [3.63, 3.8) is 0 Å². The van der Waals surface area contributed by atoms with Gasteiger partial charge in [-0.2, -0.15) is 4.39 Å². The summed E-state index contributed by atoms with van der Waals surface area (Å²) >= 11 is 0. The Morgan fingerprint density at radius 2 is 1.34 bits per heavy atom. The number of nitrogens with zero attached hydrogens (tertiary/aromatic N) is 2. The molecule has 0 saturated carbocycles. The third-order valence-electron chi connectivity index (χ3n) is 11.7. The lowest BCUT2D eigenvalue weighted by molar-refractivity contribution is -0.931. The molecule has 0 unspecified atom stereocenters. The zero-order valence-corrected chi connectivity index (χ0v) is 29.0. The molecule has 0 radical (unpaired) electrons. The molecular formula is C42H37F5N4O2+2. The molecule has 5 heterocycles. The van der Waals surface area contributed by atoms with Crippen molar-refractivity contribution in [2.24, 2.45) is 0 Å². The minimum atomic E-state index is -1.88. The van der Waals surface area contributed by atoms with E-state index in [1.165, 1.54) is 23.5 Å². The smallest absolute Gasteiger partial charge is 0.205 e. The molecule has 1 fully saturated rings. The Kier molecular flexibility index (Phi) is 7.97.